The number of benzene rings is 1. The van der Waals surface area contributed by atoms with E-state index in [-0.39, 0.29) is 36.2 Å². The van der Waals surface area contributed by atoms with Crippen molar-refractivity contribution in [1.82, 2.24) is 19.7 Å². The van der Waals surface area contributed by atoms with Gasteiger partial charge in [0, 0.05) is 6.42 Å². The third-order valence-corrected chi connectivity index (χ3v) is 12.6. The summed E-state index contributed by atoms with van der Waals surface area (Å²) in [7, 11) is -4.42. The number of ether oxygens (including phenoxy) is 3. The second-order valence-corrected chi connectivity index (χ2v) is 17.1. The molecule has 15 nitrogen and oxygen atoms in total. The maximum absolute atomic E-state index is 14.4. The van der Waals surface area contributed by atoms with Gasteiger partial charge in [-0.2, -0.15) is 15.4 Å². The molecule has 0 unspecified atom stereocenters. The first kappa shape index (κ1) is 47.6. The number of esters is 2. The summed E-state index contributed by atoms with van der Waals surface area (Å²) in [5, 5.41) is 29.5. The molecular weight excluding hydrogens is 775 g/mol. The van der Waals surface area contributed by atoms with E-state index in [1.165, 1.54) is 81.6 Å². The van der Waals surface area contributed by atoms with E-state index in [2.05, 4.69) is 28.2 Å². The van der Waals surface area contributed by atoms with Gasteiger partial charge < -0.3 is 29.6 Å². The van der Waals surface area contributed by atoms with E-state index in [1.54, 1.807) is 36.4 Å². The molecule has 1 fully saturated rings. The molecule has 1 saturated heterocycles. The third-order valence-electron chi connectivity index (χ3n) is 10.9. The number of rotatable bonds is 28. The summed E-state index contributed by atoms with van der Waals surface area (Å²) in [6.45, 7) is 7.33. The van der Waals surface area contributed by atoms with Crippen LogP contribution in [0.15, 0.2) is 48.8 Å². The average molecular weight is 841 g/mol. The van der Waals surface area contributed by atoms with Gasteiger partial charge in [-0.1, -0.05) is 129 Å². The quantitative estimate of drug-likeness (QED) is 0.0357. The summed E-state index contributed by atoms with van der Waals surface area (Å²) in [4.78, 5) is 30.4. The minimum absolute atomic E-state index is 0.0830. The monoisotopic (exact) mass is 840 g/mol. The van der Waals surface area contributed by atoms with Gasteiger partial charge in [-0.3, -0.25) is 14.1 Å². The lowest BCUT2D eigenvalue weighted by atomic mass is 9.92. The van der Waals surface area contributed by atoms with Gasteiger partial charge in [-0.25, -0.2) is 14.1 Å². The van der Waals surface area contributed by atoms with Crippen LogP contribution in [-0.2, 0) is 38.5 Å². The Morgan fingerprint density at radius 3 is 2.22 bits per heavy atom. The Kier molecular flexibility index (Phi) is 19.6. The first-order valence-electron chi connectivity index (χ1n) is 21.5. The van der Waals surface area contributed by atoms with Gasteiger partial charge >= 0.3 is 19.7 Å². The van der Waals surface area contributed by atoms with Crippen molar-refractivity contribution in [1.29, 1.82) is 5.26 Å². The lowest BCUT2D eigenvalue weighted by molar-refractivity contribution is -0.156. The summed E-state index contributed by atoms with van der Waals surface area (Å²) < 4.78 is 45.2. The number of hydrogen-bond donors (Lipinski definition) is 3. The fourth-order valence-corrected chi connectivity index (χ4v) is 8.70. The maximum atomic E-state index is 14.4. The number of carbonyl (C=O) groups is 2. The lowest BCUT2D eigenvalue weighted by Gasteiger charge is -2.26. The highest BCUT2D eigenvalue weighted by atomic mass is 31.2. The Hall–Kier alpha value is -4.06. The van der Waals surface area contributed by atoms with Crippen molar-refractivity contribution in [2.45, 2.75) is 160 Å². The van der Waals surface area contributed by atoms with E-state index in [0.29, 0.717) is 11.9 Å². The van der Waals surface area contributed by atoms with Crippen molar-refractivity contribution < 1.29 is 42.5 Å². The summed E-state index contributed by atoms with van der Waals surface area (Å²) in [6, 6.07) is 12.3. The largest absolute Gasteiger partial charge is 0.464 e. The molecule has 4 N–H and O–H groups in total. The van der Waals surface area contributed by atoms with Crippen LogP contribution in [0, 0.1) is 17.2 Å². The number of nitriles is 1. The molecule has 1 aromatic carbocycles. The number of anilines is 1. The molecule has 0 amide bonds. The SMILES string of the molecule is CCCCCCCCCCCCCCCC(=O)O[C@H]1[C@@H](O)[C@](C#N)(c2ccc3c(N)ncnn23)O[C@@H]1CO[P@@](=O)(N[C@H](C)C(=O)OCC(CC)CC)Oc1ccccc1. The number of nitrogen functional groups attached to an aromatic ring is 1. The van der Waals surface area contributed by atoms with Crippen LogP contribution in [0.2, 0.25) is 0 Å². The molecule has 0 bridgehead atoms. The van der Waals surface area contributed by atoms with E-state index in [0.717, 1.165) is 32.1 Å². The first-order valence-corrected chi connectivity index (χ1v) is 23.0. The molecule has 16 heteroatoms. The van der Waals surface area contributed by atoms with Gasteiger partial charge in [-0.15, -0.1) is 0 Å². The molecule has 0 saturated carbocycles. The van der Waals surface area contributed by atoms with E-state index < -0.39 is 56.2 Å². The predicted octanol–water partition coefficient (Wildman–Crippen LogP) is 8.34. The number of nitrogens with zero attached hydrogens (tertiary/aromatic N) is 4. The van der Waals surface area contributed by atoms with Crippen LogP contribution in [-0.4, -0.2) is 69.2 Å². The standard InChI is InChI=1S/C43H65N6O9P/c1-5-8-9-10-11-12-13-14-15-16-17-18-22-25-38(50)56-39-36(57-43(30-44,40(39)51)37-27-26-35-41(45)46-31-47-49(35)37)29-55-59(53,58-34-23-20-19-21-24-34)48-32(4)42(52)54-28-33(6-2)7-3/h19-21,23-24,26-27,31-33,36,39-40,51H,5-18,22,25,28-29H2,1-4H3,(H,48,53)(H2,45,46,47)/t32-,36-,39-,40-,43+,59+/m1/s1. The second kappa shape index (κ2) is 24.3. The van der Waals surface area contributed by atoms with Crippen LogP contribution in [0.3, 0.4) is 0 Å². The van der Waals surface area contributed by atoms with Gasteiger partial charge in [0.25, 0.3) is 0 Å². The van der Waals surface area contributed by atoms with Crippen molar-refractivity contribution in [2.24, 2.45) is 5.92 Å². The van der Waals surface area contributed by atoms with Crippen molar-refractivity contribution in [3.63, 3.8) is 0 Å². The third kappa shape index (κ3) is 13.7. The Labute approximate surface area is 349 Å². The highest BCUT2D eigenvalue weighted by Crippen LogP contribution is 2.48. The number of unbranched alkanes of at least 4 members (excludes halogenated alkanes) is 12. The topological polar surface area (TPSA) is 210 Å². The number of carbonyl (C=O) groups excluding carboxylic acids is 2. The van der Waals surface area contributed by atoms with Crippen molar-refractivity contribution in [3.05, 3.63) is 54.5 Å². The van der Waals surface area contributed by atoms with Gasteiger partial charge in [0.05, 0.1) is 18.9 Å². The zero-order chi connectivity index (χ0) is 42.7. The Morgan fingerprint density at radius 2 is 1.61 bits per heavy atom. The van der Waals surface area contributed by atoms with Crippen molar-refractivity contribution >= 4 is 31.0 Å². The molecule has 59 heavy (non-hydrogen) atoms. The van der Waals surface area contributed by atoms with E-state index in [1.807, 2.05) is 13.8 Å². The number of hydrogen-bond acceptors (Lipinski definition) is 13. The summed E-state index contributed by atoms with van der Waals surface area (Å²) in [5.74, 6) is -0.773. The van der Waals surface area contributed by atoms with E-state index in [9.17, 15) is 24.5 Å². The smallest absolute Gasteiger partial charge is 0.459 e. The molecular formula is C43H65N6O9P. The fraction of sp³-hybridized carbons (Fsp3) is 0.651. The molecule has 0 radical (unpaired) electrons. The molecule has 4 rings (SSSR count). The Bertz CT molecular complexity index is 1820. The molecule has 0 aliphatic carbocycles. The number of aliphatic hydroxyl groups excluding tert-OH is 1. The van der Waals surface area contributed by atoms with Crippen LogP contribution in [0.5, 0.6) is 5.75 Å². The molecule has 3 aromatic rings. The number of nitrogens with two attached hydrogens (primary N) is 1. The fourth-order valence-electron chi connectivity index (χ4n) is 7.19. The van der Waals surface area contributed by atoms with Crippen LogP contribution in [0.25, 0.3) is 5.52 Å². The van der Waals surface area contributed by atoms with Crippen molar-refractivity contribution in [2.75, 3.05) is 18.9 Å². The average Bonchev–Trinajstić information content (AvgIpc) is 3.79. The normalized spacial score (nSPS) is 20.6. The summed E-state index contributed by atoms with van der Waals surface area (Å²) in [6.07, 6.45) is 13.4. The van der Waals surface area contributed by atoms with Gasteiger partial charge in [0.2, 0.25) is 5.60 Å². The minimum Gasteiger partial charge on any atom is -0.464 e. The molecule has 326 valence electrons. The predicted molar refractivity (Wildman–Crippen MR) is 224 cm³/mol. The Morgan fingerprint density at radius 1 is 0.983 bits per heavy atom. The molecule has 2 aromatic heterocycles. The van der Waals surface area contributed by atoms with Gasteiger partial charge in [0.1, 0.15) is 41.9 Å². The molecule has 1 aliphatic rings. The molecule has 0 spiro atoms. The number of aromatic nitrogens is 3. The first-order chi connectivity index (χ1) is 28.5. The van der Waals surface area contributed by atoms with Gasteiger partial charge in [0.15, 0.2) is 11.9 Å². The summed E-state index contributed by atoms with van der Waals surface area (Å²) in [5.41, 5.74) is 4.40. The highest BCUT2D eigenvalue weighted by molar-refractivity contribution is 7.52. The number of fused-ring (bicyclic) bond motifs is 1. The zero-order valence-corrected chi connectivity index (χ0v) is 36.2. The number of nitrogens with one attached hydrogen (secondary N) is 1. The maximum Gasteiger partial charge on any atom is 0.459 e. The van der Waals surface area contributed by atoms with E-state index >= 15 is 0 Å². The number of aliphatic hydroxyl groups is 1. The lowest BCUT2D eigenvalue weighted by Crippen LogP contribution is -2.43. The van der Waals surface area contributed by atoms with E-state index in [4.69, 9.17) is 29.0 Å². The highest BCUT2D eigenvalue weighted by Gasteiger charge is 2.60. The number of para-hydroxylation sites is 1. The zero-order valence-electron chi connectivity index (χ0n) is 35.3. The van der Waals surface area contributed by atoms with Crippen LogP contribution in [0.1, 0.15) is 136 Å². The summed E-state index contributed by atoms with van der Waals surface area (Å²) >= 11 is 0. The van der Waals surface area contributed by atoms with Crippen LogP contribution < -0.4 is 15.3 Å². The molecule has 3 heterocycles. The minimum atomic E-state index is -4.42. The van der Waals surface area contributed by atoms with Crippen LogP contribution in [0.4, 0.5) is 5.82 Å². The molecule has 6 atom stereocenters. The van der Waals surface area contributed by atoms with Crippen molar-refractivity contribution in [3.8, 4) is 11.8 Å². The van der Waals surface area contributed by atoms with Gasteiger partial charge in [-0.05, 0) is 43.5 Å². The second-order valence-electron chi connectivity index (χ2n) is 15.4. The van der Waals surface area contributed by atoms with Crippen LogP contribution >= 0.6 is 7.75 Å². The Balaban J connectivity index is 1.46. The molecule has 1 aliphatic heterocycles.